The molecular formula is C18H21ClN4OS. The normalized spacial score (nSPS) is 17.9. The van der Waals surface area contributed by atoms with Crippen molar-refractivity contribution in [3.63, 3.8) is 0 Å². The Kier molecular flexibility index (Phi) is 6.44. The number of rotatable bonds is 6. The Hall–Kier alpha value is -1.89. The van der Waals surface area contributed by atoms with E-state index >= 15 is 0 Å². The number of benzene rings is 1. The zero-order valence-electron chi connectivity index (χ0n) is 13.8. The van der Waals surface area contributed by atoms with Gasteiger partial charge in [-0.1, -0.05) is 23.7 Å². The number of hydrazone groups is 1. The number of nitrogens with zero attached hydrogens (tertiary/aromatic N) is 2. The molecule has 7 heteroatoms. The predicted octanol–water partition coefficient (Wildman–Crippen LogP) is 3.55. The zero-order valence-corrected chi connectivity index (χ0v) is 15.4. The number of hydrogen-bond acceptors (Lipinski definition) is 4. The third-order valence-electron chi connectivity index (χ3n) is 4.13. The molecule has 1 atom stereocenters. The van der Waals surface area contributed by atoms with Crippen LogP contribution in [0.3, 0.4) is 0 Å². The third-order valence-corrected chi connectivity index (χ3v) is 4.62. The summed E-state index contributed by atoms with van der Waals surface area (Å²) in [5.41, 5.74) is 4.13. The second-order valence-corrected chi connectivity index (χ2v) is 6.80. The van der Waals surface area contributed by atoms with Crippen LogP contribution >= 0.6 is 23.8 Å². The summed E-state index contributed by atoms with van der Waals surface area (Å²) >= 11 is 11.2. The van der Waals surface area contributed by atoms with Crippen LogP contribution < -0.4 is 10.7 Å². The van der Waals surface area contributed by atoms with E-state index in [1.54, 1.807) is 6.26 Å². The van der Waals surface area contributed by atoms with Crippen LogP contribution in [0.4, 0.5) is 0 Å². The molecule has 2 aromatic rings. The Morgan fingerprint density at radius 1 is 1.36 bits per heavy atom. The van der Waals surface area contributed by atoms with Gasteiger partial charge in [-0.15, -0.1) is 0 Å². The van der Waals surface area contributed by atoms with Gasteiger partial charge in [0.2, 0.25) is 0 Å². The van der Waals surface area contributed by atoms with E-state index < -0.39 is 0 Å². The van der Waals surface area contributed by atoms with Crippen molar-refractivity contribution in [3.05, 3.63) is 59.0 Å². The van der Waals surface area contributed by atoms with E-state index in [-0.39, 0.29) is 0 Å². The molecule has 0 amide bonds. The Labute approximate surface area is 158 Å². The Morgan fingerprint density at radius 2 is 2.20 bits per heavy atom. The highest BCUT2D eigenvalue weighted by Crippen LogP contribution is 2.19. The Bertz CT molecular complexity index is 702. The maximum Gasteiger partial charge on any atom is 0.187 e. The van der Waals surface area contributed by atoms with Gasteiger partial charge in [0.05, 0.1) is 12.8 Å². The van der Waals surface area contributed by atoms with Crippen molar-refractivity contribution in [1.29, 1.82) is 0 Å². The van der Waals surface area contributed by atoms with E-state index in [2.05, 4.69) is 32.9 Å². The summed E-state index contributed by atoms with van der Waals surface area (Å²) in [6.45, 7) is 2.51. The van der Waals surface area contributed by atoms with Gasteiger partial charge in [0, 0.05) is 23.8 Å². The molecule has 1 aliphatic heterocycles. The van der Waals surface area contributed by atoms with Crippen molar-refractivity contribution >= 4 is 35.1 Å². The molecule has 0 bridgehead atoms. The second-order valence-electron chi connectivity index (χ2n) is 5.96. The fraction of sp³-hybridized carbons (Fsp3) is 0.333. The van der Waals surface area contributed by atoms with Gasteiger partial charge in [0.15, 0.2) is 5.11 Å². The van der Waals surface area contributed by atoms with Gasteiger partial charge in [-0.05, 0) is 61.4 Å². The minimum atomic E-state index is 0.316. The summed E-state index contributed by atoms with van der Waals surface area (Å²) < 4.78 is 5.24. The quantitative estimate of drug-likeness (QED) is 0.458. The van der Waals surface area contributed by atoms with E-state index in [1.807, 2.05) is 30.5 Å². The fourth-order valence-corrected chi connectivity index (χ4v) is 3.09. The number of hydrogen-bond donors (Lipinski definition) is 2. The molecule has 0 spiro atoms. The molecule has 3 rings (SSSR count). The zero-order chi connectivity index (χ0) is 17.5. The molecule has 1 saturated heterocycles. The molecule has 2 heterocycles. The average molecular weight is 377 g/mol. The van der Waals surface area contributed by atoms with Crippen molar-refractivity contribution < 1.29 is 4.42 Å². The van der Waals surface area contributed by atoms with Gasteiger partial charge in [-0.25, -0.2) is 0 Å². The minimum Gasteiger partial charge on any atom is -0.467 e. The molecule has 1 aromatic carbocycles. The molecule has 5 nitrogen and oxygen atoms in total. The highest BCUT2D eigenvalue weighted by Gasteiger charge is 2.22. The smallest absolute Gasteiger partial charge is 0.187 e. The Morgan fingerprint density at radius 3 is 2.96 bits per heavy atom. The molecule has 2 N–H and O–H groups in total. The standard InChI is InChI=1S/C18H21ClN4OS/c19-15-7-5-14(6-8-15)13-23-9-1-3-16(23)11-21-22-18(25)20-12-17-4-2-10-24-17/h2,4-8,10-11,16H,1,3,9,12-13H2,(H2,20,22,25)/b21-11+/t16-/m0/s1. The van der Waals surface area contributed by atoms with Crippen LogP contribution in [0, 0.1) is 0 Å². The van der Waals surface area contributed by atoms with E-state index in [9.17, 15) is 0 Å². The van der Waals surface area contributed by atoms with Crippen LogP contribution in [0.2, 0.25) is 5.02 Å². The Balaban J connectivity index is 1.44. The molecule has 0 saturated carbocycles. The van der Waals surface area contributed by atoms with Gasteiger partial charge in [0.1, 0.15) is 5.76 Å². The second kappa shape index (κ2) is 8.99. The van der Waals surface area contributed by atoms with Crippen LogP contribution in [0.1, 0.15) is 24.2 Å². The molecule has 1 aliphatic rings. The number of halogens is 1. The van der Waals surface area contributed by atoms with Gasteiger partial charge in [0.25, 0.3) is 0 Å². The number of thiocarbonyl (C=S) groups is 1. The monoisotopic (exact) mass is 376 g/mol. The van der Waals surface area contributed by atoms with Crippen LogP contribution in [0.25, 0.3) is 0 Å². The summed E-state index contributed by atoms with van der Waals surface area (Å²) in [4.78, 5) is 2.41. The number of likely N-dealkylation sites (tertiary alicyclic amines) is 1. The highest BCUT2D eigenvalue weighted by atomic mass is 35.5. The summed E-state index contributed by atoms with van der Waals surface area (Å²) in [6, 6.07) is 12.1. The van der Waals surface area contributed by atoms with Gasteiger partial charge in [-0.3, -0.25) is 10.3 Å². The first kappa shape index (κ1) is 17.9. The van der Waals surface area contributed by atoms with Crippen molar-refractivity contribution in [2.75, 3.05) is 6.54 Å². The van der Waals surface area contributed by atoms with Gasteiger partial charge >= 0.3 is 0 Å². The number of furan rings is 1. The van der Waals surface area contributed by atoms with Gasteiger partial charge < -0.3 is 9.73 Å². The average Bonchev–Trinajstić information content (AvgIpc) is 3.27. The van der Waals surface area contributed by atoms with Crippen LogP contribution in [0.15, 0.2) is 52.2 Å². The molecule has 0 radical (unpaired) electrons. The molecule has 1 aromatic heterocycles. The van der Waals surface area contributed by atoms with Crippen LogP contribution in [0.5, 0.6) is 0 Å². The van der Waals surface area contributed by atoms with E-state index in [1.165, 1.54) is 12.0 Å². The first-order valence-corrected chi connectivity index (χ1v) is 9.07. The lowest BCUT2D eigenvalue weighted by molar-refractivity contribution is 0.297. The van der Waals surface area contributed by atoms with E-state index in [4.69, 9.17) is 28.2 Å². The summed E-state index contributed by atoms with van der Waals surface area (Å²) in [5.74, 6) is 0.832. The largest absolute Gasteiger partial charge is 0.467 e. The van der Waals surface area contributed by atoms with Crippen molar-refractivity contribution in [2.24, 2.45) is 5.10 Å². The van der Waals surface area contributed by atoms with E-state index in [0.29, 0.717) is 17.7 Å². The molecule has 25 heavy (non-hydrogen) atoms. The molecule has 0 unspecified atom stereocenters. The maximum absolute atomic E-state index is 5.95. The highest BCUT2D eigenvalue weighted by molar-refractivity contribution is 7.80. The third kappa shape index (κ3) is 5.56. The lowest BCUT2D eigenvalue weighted by Gasteiger charge is -2.21. The van der Waals surface area contributed by atoms with Crippen molar-refractivity contribution in [1.82, 2.24) is 15.6 Å². The SMILES string of the molecule is S=C(NCc1ccco1)N/N=C/[C@@H]1CCCN1Cc1ccc(Cl)cc1. The molecule has 0 aliphatic carbocycles. The predicted molar refractivity (Wildman–Crippen MR) is 105 cm³/mol. The molecular weight excluding hydrogens is 356 g/mol. The number of nitrogens with one attached hydrogen (secondary N) is 2. The topological polar surface area (TPSA) is 52.8 Å². The lowest BCUT2D eigenvalue weighted by atomic mass is 10.2. The first-order chi connectivity index (χ1) is 12.2. The lowest BCUT2D eigenvalue weighted by Crippen LogP contribution is -2.34. The van der Waals surface area contributed by atoms with Crippen molar-refractivity contribution in [3.8, 4) is 0 Å². The van der Waals surface area contributed by atoms with Crippen LogP contribution in [-0.2, 0) is 13.1 Å². The van der Waals surface area contributed by atoms with Crippen LogP contribution in [-0.4, -0.2) is 28.8 Å². The van der Waals surface area contributed by atoms with Crippen molar-refractivity contribution in [2.45, 2.75) is 32.0 Å². The summed E-state index contributed by atoms with van der Waals surface area (Å²) in [5, 5.41) is 8.59. The van der Waals surface area contributed by atoms with Gasteiger partial charge in [-0.2, -0.15) is 5.10 Å². The molecule has 132 valence electrons. The first-order valence-electron chi connectivity index (χ1n) is 8.28. The summed E-state index contributed by atoms with van der Waals surface area (Å²) in [6.07, 6.45) is 5.85. The maximum atomic E-state index is 5.95. The fourth-order valence-electron chi connectivity index (χ4n) is 2.84. The van der Waals surface area contributed by atoms with E-state index in [0.717, 1.165) is 30.3 Å². The minimum absolute atomic E-state index is 0.316. The summed E-state index contributed by atoms with van der Waals surface area (Å²) in [7, 11) is 0. The molecule has 1 fully saturated rings.